The van der Waals surface area contributed by atoms with Crippen molar-refractivity contribution in [2.24, 2.45) is 0 Å². The predicted octanol–water partition coefficient (Wildman–Crippen LogP) is 3.22. The van der Waals surface area contributed by atoms with E-state index in [1.165, 1.54) is 0 Å². The topological polar surface area (TPSA) is 29.9 Å². The standard InChI is InChI=1S/C14H17ClFN3/c1-2-6-17-7-12-9-19(10-18-12)8-11-4-3-5-13(15)14(11)16/h3-5,9-10,17H,2,6-8H2,1H3. The summed E-state index contributed by atoms with van der Waals surface area (Å²) in [6.07, 6.45) is 4.72. The van der Waals surface area contributed by atoms with Gasteiger partial charge in [0.2, 0.25) is 0 Å². The summed E-state index contributed by atoms with van der Waals surface area (Å²) in [5.41, 5.74) is 1.52. The molecule has 0 unspecified atom stereocenters. The molecule has 1 aromatic heterocycles. The summed E-state index contributed by atoms with van der Waals surface area (Å²) >= 11 is 5.76. The molecule has 2 rings (SSSR count). The summed E-state index contributed by atoms with van der Waals surface area (Å²) in [6.45, 7) is 4.26. The molecule has 0 bridgehead atoms. The van der Waals surface area contributed by atoms with Crippen molar-refractivity contribution < 1.29 is 4.39 Å². The summed E-state index contributed by atoms with van der Waals surface area (Å²) in [7, 11) is 0. The second-order valence-corrected chi connectivity index (χ2v) is 4.83. The smallest absolute Gasteiger partial charge is 0.146 e. The van der Waals surface area contributed by atoms with Crippen LogP contribution >= 0.6 is 11.6 Å². The third-order valence-corrected chi connectivity index (χ3v) is 3.10. The summed E-state index contributed by atoms with van der Waals surface area (Å²) < 4.78 is 15.6. The predicted molar refractivity (Wildman–Crippen MR) is 74.7 cm³/mol. The van der Waals surface area contributed by atoms with Gasteiger partial charge in [0.25, 0.3) is 0 Å². The van der Waals surface area contributed by atoms with Crippen LogP contribution in [0.5, 0.6) is 0 Å². The molecular formula is C14H17ClFN3. The maximum absolute atomic E-state index is 13.8. The van der Waals surface area contributed by atoms with Crippen LogP contribution < -0.4 is 5.32 Å². The van der Waals surface area contributed by atoms with Gasteiger partial charge in [0, 0.05) is 18.3 Å². The fourth-order valence-corrected chi connectivity index (χ4v) is 2.04. The average Bonchev–Trinajstić information content (AvgIpc) is 2.83. The summed E-state index contributed by atoms with van der Waals surface area (Å²) in [4.78, 5) is 4.28. The van der Waals surface area contributed by atoms with Crippen molar-refractivity contribution in [2.45, 2.75) is 26.4 Å². The molecule has 0 amide bonds. The molecule has 2 aromatic rings. The number of hydrogen-bond donors (Lipinski definition) is 1. The zero-order valence-electron chi connectivity index (χ0n) is 10.9. The van der Waals surface area contributed by atoms with Crippen LogP contribution in [0.15, 0.2) is 30.7 Å². The fraction of sp³-hybridized carbons (Fsp3) is 0.357. The van der Waals surface area contributed by atoms with Crippen molar-refractivity contribution in [2.75, 3.05) is 6.54 Å². The van der Waals surface area contributed by atoms with Gasteiger partial charge in [0.1, 0.15) is 5.82 Å². The van der Waals surface area contributed by atoms with E-state index in [4.69, 9.17) is 11.6 Å². The van der Waals surface area contributed by atoms with Crippen molar-refractivity contribution in [3.63, 3.8) is 0 Å². The first kappa shape index (κ1) is 14.0. The lowest BCUT2D eigenvalue weighted by Gasteiger charge is -2.05. The molecule has 5 heteroatoms. The Balaban J connectivity index is 2.01. The first-order valence-electron chi connectivity index (χ1n) is 6.35. The van der Waals surface area contributed by atoms with Gasteiger partial charge in [-0.05, 0) is 19.0 Å². The van der Waals surface area contributed by atoms with Crippen molar-refractivity contribution in [1.29, 1.82) is 0 Å². The van der Waals surface area contributed by atoms with Gasteiger partial charge >= 0.3 is 0 Å². The van der Waals surface area contributed by atoms with Gasteiger partial charge in [-0.25, -0.2) is 9.37 Å². The van der Waals surface area contributed by atoms with E-state index in [0.29, 0.717) is 12.1 Å². The van der Waals surface area contributed by atoms with Gasteiger partial charge in [0.05, 0.1) is 23.6 Å². The van der Waals surface area contributed by atoms with E-state index in [1.54, 1.807) is 24.5 Å². The van der Waals surface area contributed by atoms with Crippen molar-refractivity contribution in [3.8, 4) is 0 Å². The Morgan fingerprint density at radius 2 is 2.26 bits per heavy atom. The van der Waals surface area contributed by atoms with Gasteiger partial charge in [-0.3, -0.25) is 0 Å². The second-order valence-electron chi connectivity index (χ2n) is 4.43. The maximum atomic E-state index is 13.8. The molecule has 0 aliphatic heterocycles. The van der Waals surface area contributed by atoms with Crippen molar-refractivity contribution in [3.05, 3.63) is 52.8 Å². The molecule has 0 radical (unpaired) electrons. The Bertz CT molecular complexity index is 539. The van der Waals surface area contributed by atoms with E-state index in [0.717, 1.165) is 25.2 Å². The van der Waals surface area contributed by atoms with Gasteiger partial charge in [-0.15, -0.1) is 0 Å². The Hall–Kier alpha value is -1.39. The minimum Gasteiger partial charge on any atom is -0.333 e. The van der Waals surface area contributed by atoms with E-state index < -0.39 is 0 Å². The van der Waals surface area contributed by atoms with Crippen LogP contribution in [0.25, 0.3) is 0 Å². The molecule has 0 fully saturated rings. The molecule has 1 heterocycles. The number of benzene rings is 1. The normalized spacial score (nSPS) is 10.9. The number of nitrogens with zero attached hydrogens (tertiary/aromatic N) is 2. The largest absolute Gasteiger partial charge is 0.333 e. The number of imidazole rings is 1. The zero-order valence-corrected chi connectivity index (χ0v) is 11.6. The molecule has 0 saturated carbocycles. The quantitative estimate of drug-likeness (QED) is 0.824. The van der Waals surface area contributed by atoms with Crippen LogP contribution in [0.1, 0.15) is 24.6 Å². The van der Waals surface area contributed by atoms with Crippen LogP contribution in [0.2, 0.25) is 5.02 Å². The molecule has 102 valence electrons. The van der Waals surface area contributed by atoms with Crippen molar-refractivity contribution >= 4 is 11.6 Å². The molecule has 0 spiro atoms. The molecular weight excluding hydrogens is 265 g/mol. The first-order chi connectivity index (χ1) is 9.20. The number of halogens is 2. The lowest BCUT2D eigenvalue weighted by Crippen LogP contribution is -2.13. The van der Waals surface area contributed by atoms with E-state index in [2.05, 4.69) is 17.2 Å². The minimum absolute atomic E-state index is 0.155. The molecule has 0 aliphatic carbocycles. The summed E-state index contributed by atoms with van der Waals surface area (Å²) in [5, 5.41) is 3.43. The highest BCUT2D eigenvalue weighted by molar-refractivity contribution is 6.30. The van der Waals surface area contributed by atoms with E-state index >= 15 is 0 Å². The van der Waals surface area contributed by atoms with Crippen LogP contribution in [0, 0.1) is 5.82 Å². The van der Waals surface area contributed by atoms with Crippen LogP contribution in [-0.2, 0) is 13.1 Å². The number of nitrogens with one attached hydrogen (secondary N) is 1. The Morgan fingerprint density at radius 1 is 1.42 bits per heavy atom. The SMILES string of the molecule is CCCNCc1cn(Cc2cccc(Cl)c2F)cn1. The van der Waals surface area contributed by atoms with Crippen LogP contribution in [-0.4, -0.2) is 16.1 Å². The molecule has 0 atom stereocenters. The van der Waals surface area contributed by atoms with Crippen LogP contribution in [0.4, 0.5) is 4.39 Å². The monoisotopic (exact) mass is 281 g/mol. The maximum Gasteiger partial charge on any atom is 0.146 e. The number of rotatable bonds is 6. The van der Waals surface area contributed by atoms with Gasteiger partial charge < -0.3 is 9.88 Å². The minimum atomic E-state index is -0.358. The van der Waals surface area contributed by atoms with Crippen molar-refractivity contribution in [1.82, 2.24) is 14.9 Å². The lowest BCUT2D eigenvalue weighted by molar-refractivity contribution is 0.599. The Labute approximate surface area is 117 Å². The third-order valence-electron chi connectivity index (χ3n) is 2.80. The molecule has 0 aliphatic rings. The Morgan fingerprint density at radius 3 is 3.05 bits per heavy atom. The molecule has 3 nitrogen and oxygen atoms in total. The highest BCUT2D eigenvalue weighted by Gasteiger charge is 2.07. The second kappa shape index (κ2) is 6.68. The highest BCUT2D eigenvalue weighted by Crippen LogP contribution is 2.18. The third kappa shape index (κ3) is 3.78. The summed E-state index contributed by atoms with van der Waals surface area (Å²) in [5.74, 6) is -0.358. The van der Waals surface area contributed by atoms with E-state index in [9.17, 15) is 4.39 Å². The van der Waals surface area contributed by atoms with Gasteiger partial charge in [-0.1, -0.05) is 30.7 Å². The van der Waals surface area contributed by atoms with Crippen LogP contribution in [0.3, 0.4) is 0 Å². The van der Waals surface area contributed by atoms with E-state index in [1.807, 2.05) is 10.8 Å². The highest BCUT2D eigenvalue weighted by atomic mass is 35.5. The van der Waals surface area contributed by atoms with E-state index in [-0.39, 0.29) is 10.8 Å². The summed E-state index contributed by atoms with van der Waals surface area (Å²) in [6, 6.07) is 5.03. The van der Waals surface area contributed by atoms with Gasteiger partial charge in [0.15, 0.2) is 0 Å². The fourth-order valence-electron chi connectivity index (χ4n) is 1.84. The number of hydrogen-bond acceptors (Lipinski definition) is 2. The molecule has 1 N–H and O–H groups in total. The first-order valence-corrected chi connectivity index (χ1v) is 6.72. The number of aromatic nitrogens is 2. The molecule has 19 heavy (non-hydrogen) atoms. The average molecular weight is 282 g/mol. The molecule has 1 aromatic carbocycles. The van der Waals surface area contributed by atoms with Gasteiger partial charge in [-0.2, -0.15) is 0 Å². The zero-order chi connectivity index (χ0) is 13.7. The molecule has 0 saturated heterocycles. The Kier molecular flexibility index (Phi) is 4.93. The lowest BCUT2D eigenvalue weighted by atomic mass is 10.2.